The molecule has 1 amide bonds. The third kappa shape index (κ3) is 3.74. The van der Waals surface area contributed by atoms with E-state index in [2.05, 4.69) is 25.2 Å². The zero-order chi connectivity index (χ0) is 18.8. The maximum Gasteiger partial charge on any atom is 0.274 e. The van der Waals surface area contributed by atoms with Gasteiger partial charge in [0.15, 0.2) is 11.5 Å². The quantitative estimate of drug-likeness (QED) is 0.814. The molecule has 9 nitrogen and oxygen atoms in total. The Kier molecular flexibility index (Phi) is 5.22. The molecule has 4 rings (SSSR count). The molecule has 0 saturated carbocycles. The third-order valence-electron chi connectivity index (χ3n) is 5.29. The Morgan fingerprint density at radius 3 is 2.89 bits per heavy atom. The highest BCUT2D eigenvalue weighted by molar-refractivity contribution is 5.94. The highest BCUT2D eigenvalue weighted by Crippen LogP contribution is 2.24. The molecule has 146 valence electrons. The van der Waals surface area contributed by atoms with Gasteiger partial charge in [0.05, 0.1) is 6.54 Å². The molecule has 0 bridgehead atoms. The van der Waals surface area contributed by atoms with Crippen LogP contribution in [-0.4, -0.2) is 68.8 Å². The van der Waals surface area contributed by atoms with E-state index in [1.54, 1.807) is 0 Å². The number of hydrogen-bond donors (Lipinski definition) is 1. The van der Waals surface area contributed by atoms with Crippen molar-refractivity contribution in [2.75, 3.05) is 32.8 Å². The lowest BCUT2D eigenvalue weighted by Crippen LogP contribution is -2.48. The van der Waals surface area contributed by atoms with Crippen molar-refractivity contribution in [3.05, 3.63) is 28.7 Å². The second kappa shape index (κ2) is 7.77. The molecule has 1 aliphatic carbocycles. The molecule has 2 aliphatic rings. The zero-order valence-electron chi connectivity index (χ0n) is 15.9. The summed E-state index contributed by atoms with van der Waals surface area (Å²) in [4.78, 5) is 21.3. The van der Waals surface area contributed by atoms with E-state index in [0.717, 1.165) is 43.6 Å². The Morgan fingerprint density at radius 2 is 2.11 bits per heavy atom. The first-order chi connectivity index (χ1) is 13.2. The number of aromatic nitrogens is 4. The minimum atomic E-state index is -0.169. The van der Waals surface area contributed by atoms with E-state index in [1.807, 2.05) is 18.7 Å². The lowest BCUT2D eigenvalue weighted by molar-refractivity contribution is 0.0608. The maximum atomic E-state index is 12.8. The molecule has 1 N–H and O–H groups in total. The fraction of sp³-hybridized carbons (Fsp3) is 0.667. The van der Waals surface area contributed by atoms with E-state index < -0.39 is 0 Å². The second-order valence-corrected chi connectivity index (χ2v) is 7.10. The minimum absolute atomic E-state index is 0.0414. The Bertz CT molecular complexity index is 793. The van der Waals surface area contributed by atoms with Gasteiger partial charge in [-0.1, -0.05) is 5.16 Å². The number of aromatic amines is 1. The van der Waals surface area contributed by atoms with Crippen LogP contribution in [0.3, 0.4) is 0 Å². The number of nitrogens with zero attached hydrogens (tertiary/aromatic N) is 5. The van der Waals surface area contributed by atoms with Crippen molar-refractivity contribution in [3.8, 4) is 0 Å². The molecule has 0 radical (unpaired) electrons. The van der Waals surface area contributed by atoms with Crippen molar-refractivity contribution in [2.45, 2.75) is 45.8 Å². The van der Waals surface area contributed by atoms with Gasteiger partial charge in [0.25, 0.3) is 5.91 Å². The van der Waals surface area contributed by atoms with Gasteiger partial charge >= 0.3 is 0 Å². The molecular weight excluding hydrogens is 348 g/mol. The van der Waals surface area contributed by atoms with Crippen LogP contribution in [0.5, 0.6) is 0 Å². The summed E-state index contributed by atoms with van der Waals surface area (Å²) in [6.45, 7) is 7.96. The molecule has 1 saturated heterocycles. The van der Waals surface area contributed by atoms with E-state index in [9.17, 15) is 4.79 Å². The van der Waals surface area contributed by atoms with Crippen LogP contribution in [0.1, 0.15) is 59.8 Å². The summed E-state index contributed by atoms with van der Waals surface area (Å²) in [7, 11) is 0. The summed E-state index contributed by atoms with van der Waals surface area (Å²) in [5, 5.41) is 11.3. The third-order valence-corrected chi connectivity index (χ3v) is 5.29. The van der Waals surface area contributed by atoms with Gasteiger partial charge in [-0.3, -0.25) is 14.8 Å². The van der Waals surface area contributed by atoms with E-state index in [4.69, 9.17) is 9.26 Å². The summed E-state index contributed by atoms with van der Waals surface area (Å²) in [6, 6.07) is 0. The molecule has 1 unspecified atom stereocenters. The van der Waals surface area contributed by atoms with Crippen LogP contribution in [-0.2, 0) is 24.1 Å². The molecular formula is C18H26N6O3. The molecule has 0 spiro atoms. The first-order valence-corrected chi connectivity index (χ1v) is 9.67. The Balaban J connectivity index is 1.31. The van der Waals surface area contributed by atoms with Crippen molar-refractivity contribution in [2.24, 2.45) is 0 Å². The van der Waals surface area contributed by atoms with Crippen LogP contribution < -0.4 is 0 Å². The summed E-state index contributed by atoms with van der Waals surface area (Å²) in [5.74, 6) is 1.20. The first kappa shape index (κ1) is 18.1. The largest absolute Gasteiger partial charge is 0.371 e. The van der Waals surface area contributed by atoms with E-state index >= 15 is 0 Å². The molecule has 3 heterocycles. The summed E-state index contributed by atoms with van der Waals surface area (Å²) < 4.78 is 10.8. The van der Waals surface area contributed by atoms with Crippen LogP contribution >= 0.6 is 0 Å². The van der Waals surface area contributed by atoms with E-state index in [1.165, 1.54) is 0 Å². The number of carbonyl (C=O) groups excluding carboxylic acids is 1. The Morgan fingerprint density at radius 1 is 1.30 bits per heavy atom. The fourth-order valence-electron chi connectivity index (χ4n) is 3.77. The number of nitrogens with one attached hydrogen (secondary N) is 1. The summed E-state index contributed by atoms with van der Waals surface area (Å²) in [5.41, 5.74) is 2.86. The van der Waals surface area contributed by atoms with Gasteiger partial charge in [-0.15, -0.1) is 0 Å². The number of amides is 1. The zero-order valence-corrected chi connectivity index (χ0v) is 15.9. The number of aryl methyl sites for hydroxylation is 1. The molecule has 1 atom stereocenters. The summed E-state index contributed by atoms with van der Waals surface area (Å²) in [6.07, 6.45) is 2.88. The predicted octanol–water partition coefficient (Wildman–Crippen LogP) is 1.34. The molecule has 27 heavy (non-hydrogen) atoms. The predicted molar refractivity (Wildman–Crippen MR) is 96.1 cm³/mol. The minimum Gasteiger partial charge on any atom is -0.371 e. The molecule has 2 aromatic rings. The average Bonchev–Trinajstić information content (AvgIpc) is 3.39. The standard InChI is InChI=1S/C18H26N6O3/c1-3-26-12(2)17-19-15(27-22-17)11-23-7-9-24(10-8-23)18(25)16-13-5-4-6-14(13)20-21-16/h12H,3-11H2,1-2H3,(H,20,21). The van der Waals surface area contributed by atoms with Crippen LogP contribution in [0, 0.1) is 0 Å². The Hall–Kier alpha value is -2.26. The lowest BCUT2D eigenvalue weighted by Gasteiger charge is -2.33. The number of ether oxygens (including phenoxy) is 1. The number of piperazine rings is 1. The monoisotopic (exact) mass is 374 g/mol. The number of fused-ring (bicyclic) bond motifs is 1. The van der Waals surface area contributed by atoms with Gasteiger partial charge in [-0.25, -0.2) is 0 Å². The number of hydrogen-bond acceptors (Lipinski definition) is 7. The van der Waals surface area contributed by atoms with Gasteiger partial charge in [0.1, 0.15) is 6.10 Å². The van der Waals surface area contributed by atoms with Gasteiger partial charge < -0.3 is 14.2 Å². The fourth-order valence-corrected chi connectivity index (χ4v) is 3.77. The summed E-state index contributed by atoms with van der Waals surface area (Å²) >= 11 is 0. The highest BCUT2D eigenvalue weighted by Gasteiger charge is 2.29. The average molecular weight is 374 g/mol. The smallest absolute Gasteiger partial charge is 0.274 e. The van der Waals surface area contributed by atoms with Crippen molar-refractivity contribution < 1.29 is 14.1 Å². The van der Waals surface area contributed by atoms with Crippen LogP contribution in [0.4, 0.5) is 0 Å². The van der Waals surface area contributed by atoms with Crippen LogP contribution in [0.2, 0.25) is 0 Å². The van der Waals surface area contributed by atoms with Gasteiger partial charge in [0.2, 0.25) is 5.89 Å². The van der Waals surface area contributed by atoms with E-state index in [-0.39, 0.29) is 12.0 Å². The Labute approximate surface area is 158 Å². The van der Waals surface area contributed by atoms with Gasteiger partial charge in [-0.05, 0) is 33.1 Å². The second-order valence-electron chi connectivity index (χ2n) is 7.10. The van der Waals surface area contributed by atoms with Crippen LogP contribution in [0.25, 0.3) is 0 Å². The van der Waals surface area contributed by atoms with E-state index in [0.29, 0.717) is 43.7 Å². The van der Waals surface area contributed by atoms with Crippen molar-refractivity contribution >= 4 is 5.91 Å². The molecule has 2 aromatic heterocycles. The van der Waals surface area contributed by atoms with Crippen molar-refractivity contribution in [3.63, 3.8) is 0 Å². The number of carbonyl (C=O) groups is 1. The van der Waals surface area contributed by atoms with Crippen LogP contribution in [0.15, 0.2) is 4.52 Å². The topological polar surface area (TPSA) is 100 Å². The molecule has 1 fully saturated rings. The number of H-pyrrole nitrogens is 1. The van der Waals surface area contributed by atoms with Gasteiger partial charge in [-0.2, -0.15) is 10.1 Å². The normalized spacial score (nSPS) is 18.7. The highest BCUT2D eigenvalue weighted by atomic mass is 16.5. The SMILES string of the molecule is CCOC(C)c1noc(CN2CCN(C(=O)c3n[nH]c4c3CCC4)CC2)n1. The molecule has 9 heteroatoms. The van der Waals surface area contributed by atoms with Crippen molar-refractivity contribution in [1.29, 1.82) is 0 Å². The molecule has 0 aromatic carbocycles. The van der Waals surface area contributed by atoms with Crippen molar-refractivity contribution in [1.82, 2.24) is 30.1 Å². The first-order valence-electron chi connectivity index (χ1n) is 9.67. The maximum absolute atomic E-state index is 12.8. The molecule has 1 aliphatic heterocycles. The van der Waals surface area contributed by atoms with Gasteiger partial charge in [0, 0.05) is 44.0 Å². The number of rotatable bonds is 6. The lowest BCUT2D eigenvalue weighted by atomic mass is 10.1.